The standard InChI is InChI=1S/C24H26FN3O/c1-17(18-8-5-4-6-9-18)28(24(29)19-10-7-11-21(25)14-19)16-20-15-22(26)12-13-23(20)27(2)3/h4-15,17H,16,26H2,1-3H3/t17-/m0/s1. The summed E-state index contributed by atoms with van der Waals surface area (Å²) in [6, 6.07) is 21.1. The zero-order valence-corrected chi connectivity index (χ0v) is 17.0. The highest BCUT2D eigenvalue weighted by Crippen LogP contribution is 2.29. The van der Waals surface area contributed by atoms with Crippen molar-refractivity contribution in [2.24, 2.45) is 0 Å². The molecule has 0 aliphatic carbocycles. The van der Waals surface area contributed by atoms with Crippen LogP contribution in [-0.2, 0) is 6.54 Å². The smallest absolute Gasteiger partial charge is 0.254 e. The Balaban J connectivity index is 2.04. The lowest BCUT2D eigenvalue weighted by Gasteiger charge is -2.31. The monoisotopic (exact) mass is 391 g/mol. The van der Waals surface area contributed by atoms with Crippen LogP contribution in [0.2, 0.25) is 0 Å². The molecule has 3 rings (SSSR count). The molecule has 0 saturated carbocycles. The van der Waals surface area contributed by atoms with Gasteiger partial charge in [0.15, 0.2) is 0 Å². The Morgan fingerprint density at radius 1 is 1.00 bits per heavy atom. The van der Waals surface area contributed by atoms with Gasteiger partial charge < -0.3 is 15.5 Å². The highest BCUT2D eigenvalue weighted by atomic mass is 19.1. The zero-order valence-electron chi connectivity index (χ0n) is 17.0. The van der Waals surface area contributed by atoms with Crippen LogP contribution in [0.15, 0.2) is 72.8 Å². The van der Waals surface area contributed by atoms with Crippen LogP contribution < -0.4 is 10.6 Å². The largest absolute Gasteiger partial charge is 0.399 e. The van der Waals surface area contributed by atoms with E-state index in [4.69, 9.17) is 5.73 Å². The average molecular weight is 391 g/mol. The highest BCUT2D eigenvalue weighted by molar-refractivity contribution is 5.94. The highest BCUT2D eigenvalue weighted by Gasteiger charge is 2.24. The van der Waals surface area contributed by atoms with Gasteiger partial charge in [-0.05, 0) is 54.4 Å². The van der Waals surface area contributed by atoms with E-state index in [0.717, 1.165) is 16.8 Å². The minimum Gasteiger partial charge on any atom is -0.399 e. The lowest BCUT2D eigenvalue weighted by molar-refractivity contribution is 0.0674. The summed E-state index contributed by atoms with van der Waals surface area (Å²) in [5.41, 5.74) is 9.91. The molecule has 0 saturated heterocycles. The number of carbonyl (C=O) groups is 1. The van der Waals surface area contributed by atoms with Crippen LogP contribution >= 0.6 is 0 Å². The molecule has 1 amide bonds. The van der Waals surface area contributed by atoms with Crippen LogP contribution in [-0.4, -0.2) is 24.9 Å². The second-order valence-corrected chi connectivity index (χ2v) is 7.31. The first-order valence-electron chi connectivity index (χ1n) is 9.54. The zero-order chi connectivity index (χ0) is 21.0. The Kier molecular flexibility index (Phi) is 6.17. The van der Waals surface area contributed by atoms with Gasteiger partial charge in [-0.25, -0.2) is 4.39 Å². The summed E-state index contributed by atoms with van der Waals surface area (Å²) in [6.07, 6.45) is 0. The Morgan fingerprint density at radius 2 is 1.72 bits per heavy atom. The molecule has 1 atom stereocenters. The second-order valence-electron chi connectivity index (χ2n) is 7.31. The van der Waals surface area contributed by atoms with E-state index in [1.54, 1.807) is 17.0 Å². The number of nitrogens with zero attached hydrogens (tertiary/aromatic N) is 2. The molecular formula is C24H26FN3O. The summed E-state index contributed by atoms with van der Waals surface area (Å²) in [7, 11) is 3.91. The number of rotatable bonds is 6. The molecular weight excluding hydrogens is 365 g/mol. The number of nitrogens with two attached hydrogens (primary N) is 1. The third-order valence-corrected chi connectivity index (χ3v) is 5.01. The van der Waals surface area contributed by atoms with Crippen LogP contribution in [0.25, 0.3) is 0 Å². The molecule has 0 radical (unpaired) electrons. The molecule has 5 heteroatoms. The van der Waals surface area contributed by atoms with Crippen molar-refractivity contribution in [1.29, 1.82) is 0 Å². The van der Waals surface area contributed by atoms with E-state index in [0.29, 0.717) is 17.8 Å². The fraction of sp³-hybridized carbons (Fsp3) is 0.208. The number of amides is 1. The van der Waals surface area contributed by atoms with Crippen molar-refractivity contribution in [3.8, 4) is 0 Å². The maximum atomic E-state index is 13.8. The molecule has 0 heterocycles. The van der Waals surface area contributed by atoms with Gasteiger partial charge in [0.2, 0.25) is 0 Å². The van der Waals surface area contributed by atoms with Crippen molar-refractivity contribution >= 4 is 17.3 Å². The molecule has 0 aromatic heterocycles. The Hall–Kier alpha value is -3.34. The second kappa shape index (κ2) is 8.78. The maximum Gasteiger partial charge on any atom is 0.254 e. The fourth-order valence-corrected chi connectivity index (χ4v) is 3.44. The predicted molar refractivity (Wildman–Crippen MR) is 116 cm³/mol. The van der Waals surface area contributed by atoms with Crippen molar-refractivity contribution in [3.05, 3.63) is 95.3 Å². The van der Waals surface area contributed by atoms with E-state index in [2.05, 4.69) is 0 Å². The fourth-order valence-electron chi connectivity index (χ4n) is 3.44. The molecule has 3 aromatic carbocycles. The topological polar surface area (TPSA) is 49.6 Å². The van der Waals surface area contributed by atoms with E-state index in [9.17, 15) is 9.18 Å². The Bertz CT molecular complexity index is 988. The third kappa shape index (κ3) is 4.74. The van der Waals surface area contributed by atoms with Crippen LogP contribution in [0.1, 0.15) is 34.5 Å². The van der Waals surface area contributed by atoms with E-state index < -0.39 is 5.82 Å². The van der Waals surface area contributed by atoms with Gasteiger partial charge in [0, 0.05) is 37.6 Å². The molecule has 0 aliphatic heterocycles. The van der Waals surface area contributed by atoms with Gasteiger partial charge in [0.1, 0.15) is 5.82 Å². The molecule has 3 aromatic rings. The first kappa shape index (κ1) is 20.4. The summed E-state index contributed by atoms with van der Waals surface area (Å²) >= 11 is 0. The minimum absolute atomic E-state index is 0.205. The molecule has 0 aliphatic rings. The first-order valence-corrected chi connectivity index (χ1v) is 9.54. The van der Waals surface area contributed by atoms with Crippen molar-refractivity contribution < 1.29 is 9.18 Å². The van der Waals surface area contributed by atoms with Gasteiger partial charge in [-0.3, -0.25) is 4.79 Å². The third-order valence-electron chi connectivity index (χ3n) is 5.01. The van der Waals surface area contributed by atoms with Crippen LogP contribution in [0.5, 0.6) is 0 Å². The summed E-state index contributed by atoms with van der Waals surface area (Å²) < 4.78 is 13.8. The van der Waals surface area contributed by atoms with E-state index in [-0.39, 0.29) is 11.9 Å². The number of hydrogen-bond donors (Lipinski definition) is 1. The normalized spacial score (nSPS) is 11.7. The molecule has 150 valence electrons. The summed E-state index contributed by atoms with van der Waals surface area (Å²) in [6.45, 7) is 2.33. The molecule has 2 N–H and O–H groups in total. The number of hydrogen-bond acceptors (Lipinski definition) is 3. The molecule has 29 heavy (non-hydrogen) atoms. The SMILES string of the molecule is C[C@@H](c1ccccc1)N(Cc1cc(N)ccc1N(C)C)C(=O)c1cccc(F)c1. The van der Waals surface area contributed by atoms with Crippen molar-refractivity contribution in [2.45, 2.75) is 19.5 Å². The van der Waals surface area contributed by atoms with Crippen LogP contribution in [0.4, 0.5) is 15.8 Å². The molecule has 0 bridgehead atoms. The summed E-state index contributed by atoms with van der Waals surface area (Å²) in [5, 5.41) is 0. The van der Waals surface area contributed by atoms with Crippen molar-refractivity contribution in [3.63, 3.8) is 0 Å². The van der Waals surface area contributed by atoms with Gasteiger partial charge in [-0.1, -0.05) is 36.4 Å². The van der Waals surface area contributed by atoms with Crippen LogP contribution in [0.3, 0.4) is 0 Å². The molecule has 4 nitrogen and oxygen atoms in total. The number of nitrogen functional groups attached to an aromatic ring is 1. The summed E-state index contributed by atoms with van der Waals surface area (Å²) in [4.78, 5) is 17.1. The van der Waals surface area contributed by atoms with Gasteiger partial charge in [-0.2, -0.15) is 0 Å². The Morgan fingerprint density at radius 3 is 2.38 bits per heavy atom. The lowest BCUT2D eigenvalue weighted by atomic mass is 10.0. The molecule has 0 unspecified atom stereocenters. The van der Waals surface area contributed by atoms with Gasteiger partial charge >= 0.3 is 0 Å². The quantitative estimate of drug-likeness (QED) is 0.610. The van der Waals surface area contributed by atoms with Crippen molar-refractivity contribution in [1.82, 2.24) is 4.90 Å². The lowest BCUT2D eigenvalue weighted by Crippen LogP contribution is -2.33. The van der Waals surface area contributed by atoms with Gasteiger partial charge in [-0.15, -0.1) is 0 Å². The number of halogens is 1. The van der Waals surface area contributed by atoms with Gasteiger partial charge in [0.25, 0.3) is 5.91 Å². The van der Waals surface area contributed by atoms with E-state index in [1.165, 1.54) is 12.1 Å². The molecule has 0 fully saturated rings. The number of benzene rings is 3. The maximum absolute atomic E-state index is 13.8. The van der Waals surface area contributed by atoms with Gasteiger partial charge in [0.05, 0.1) is 6.04 Å². The van der Waals surface area contributed by atoms with Crippen molar-refractivity contribution in [2.75, 3.05) is 24.7 Å². The first-order chi connectivity index (χ1) is 13.9. The number of anilines is 2. The minimum atomic E-state index is -0.430. The van der Waals surface area contributed by atoms with E-state index in [1.807, 2.05) is 74.4 Å². The molecule has 0 spiro atoms. The van der Waals surface area contributed by atoms with E-state index >= 15 is 0 Å². The summed E-state index contributed by atoms with van der Waals surface area (Å²) in [5.74, 6) is -0.658. The van der Waals surface area contributed by atoms with Crippen LogP contribution in [0, 0.1) is 5.82 Å². The average Bonchev–Trinajstić information content (AvgIpc) is 2.71. The number of carbonyl (C=O) groups excluding carboxylic acids is 1. The predicted octanol–water partition coefficient (Wildman–Crippen LogP) is 4.88. The Labute approximate surface area is 171 Å².